The van der Waals surface area contributed by atoms with E-state index in [2.05, 4.69) is 4.99 Å². The Balaban J connectivity index is 2.09. The zero-order chi connectivity index (χ0) is 19.1. The van der Waals surface area contributed by atoms with Crippen LogP contribution in [0.2, 0.25) is 0 Å². The molecule has 0 fully saturated rings. The van der Waals surface area contributed by atoms with Crippen LogP contribution in [0.3, 0.4) is 0 Å². The van der Waals surface area contributed by atoms with Crippen molar-refractivity contribution in [3.8, 4) is 0 Å². The van der Waals surface area contributed by atoms with Crippen molar-refractivity contribution in [2.45, 2.75) is 24.0 Å². The SMILES string of the molecule is Cc1cccc(C2=NC(C(F)(F)F)C=[N+]2c2ccc(S(C)(=O)=O)cc2)c1. The number of hydrogen-bond donors (Lipinski definition) is 0. The molecule has 0 amide bonds. The van der Waals surface area contributed by atoms with Gasteiger partial charge >= 0.3 is 12.0 Å². The third kappa shape index (κ3) is 3.70. The molecule has 0 aliphatic carbocycles. The minimum Gasteiger partial charge on any atom is -0.224 e. The van der Waals surface area contributed by atoms with Crippen LogP contribution in [0.4, 0.5) is 18.9 Å². The fourth-order valence-corrected chi connectivity index (χ4v) is 3.29. The van der Waals surface area contributed by atoms with Crippen molar-refractivity contribution in [2.75, 3.05) is 6.26 Å². The molecule has 4 nitrogen and oxygen atoms in total. The topological polar surface area (TPSA) is 49.5 Å². The van der Waals surface area contributed by atoms with E-state index in [-0.39, 0.29) is 10.7 Å². The van der Waals surface area contributed by atoms with Gasteiger partial charge in [-0.25, -0.2) is 8.42 Å². The number of hydrogen-bond acceptors (Lipinski definition) is 3. The molecule has 1 heterocycles. The average Bonchev–Trinajstić information content (AvgIpc) is 3.00. The molecule has 0 saturated heterocycles. The van der Waals surface area contributed by atoms with Crippen molar-refractivity contribution < 1.29 is 26.2 Å². The van der Waals surface area contributed by atoms with Gasteiger partial charge < -0.3 is 0 Å². The van der Waals surface area contributed by atoms with Crippen molar-refractivity contribution in [3.05, 3.63) is 59.7 Å². The standard InChI is InChI=1S/C18H16F3N2O2S/c1-12-4-3-5-13(10-12)17-22-16(18(19,20)21)11-23(17)14-6-8-15(9-7-14)26(2,24)25/h3-11,16H,1-2H3/q+1. The maximum Gasteiger partial charge on any atom is 0.440 e. The highest BCUT2D eigenvalue weighted by atomic mass is 32.2. The van der Waals surface area contributed by atoms with E-state index in [9.17, 15) is 21.6 Å². The largest absolute Gasteiger partial charge is 0.440 e. The minimum atomic E-state index is -4.50. The number of benzene rings is 2. The highest BCUT2D eigenvalue weighted by molar-refractivity contribution is 7.90. The molecule has 0 N–H and O–H groups in total. The molecule has 1 unspecified atom stereocenters. The van der Waals surface area contributed by atoms with Crippen LogP contribution in [0.1, 0.15) is 11.1 Å². The molecule has 2 aromatic rings. The second-order valence-electron chi connectivity index (χ2n) is 6.09. The zero-order valence-corrected chi connectivity index (χ0v) is 14.8. The fraction of sp³-hybridized carbons (Fsp3) is 0.222. The number of aliphatic imine (C=N–C) groups is 1. The molecule has 0 saturated carbocycles. The molecule has 3 rings (SSSR count). The van der Waals surface area contributed by atoms with E-state index in [1.165, 1.54) is 28.8 Å². The number of nitrogens with zero attached hydrogens (tertiary/aromatic N) is 2. The van der Waals surface area contributed by atoms with Crippen molar-refractivity contribution in [1.29, 1.82) is 0 Å². The van der Waals surface area contributed by atoms with E-state index in [1.54, 1.807) is 18.2 Å². The van der Waals surface area contributed by atoms with Crippen LogP contribution in [0.15, 0.2) is 58.4 Å². The van der Waals surface area contributed by atoms with Gasteiger partial charge in [0.15, 0.2) is 9.84 Å². The Morgan fingerprint density at radius 3 is 2.27 bits per heavy atom. The van der Waals surface area contributed by atoms with E-state index in [0.29, 0.717) is 11.3 Å². The Hall–Kier alpha value is -2.48. The fourth-order valence-electron chi connectivity index (χ4n) is 2.66. The van der Waals surface area contributed by atoms with Crippen molar-refractivity contribution in [2.24, 2.45) is 4.99 Å². The number of halogens is 3. The van der Waals surface area contributed by atoms with Crippen LogP contribution in [0, 0.1) is 6.92 Å². The molecule has 0 aromatic heterocycles. The molecule has 26 heavy (non-hydrogen) atoms. The van der Waals surface area contributed by atoms with Crippen LogP contribution in [-0.4, -0.2) is 43.5 Å². The van der Waals surface area contributed by atoms with Crippen LogP contribution < -0.4 is 0 Å². The van der Waals surface area contributed by atoms with Crippen molar-refractivity contribution in [3.63, 3.8) is 0 Å². The van der Waals surface area contributed by atoms with Gasteiger partial charge in [-0.2, -0.15) is 17.7 Å². The Morgan fingerprint density at radius 1 is 1.08 bits per heavy atom. The number of amidine groups is 1. The lowest BCUT2D eigenvalue weighted by Crippen LogP contribution is -2.27. The molecule has 0 spiro atoms. The average molecular weight is 381 g/mol. The second-order valence-corrected chi connectivity index (χ2v) is 8.11. The summed E-state index contributed by atoms with van der Waals surface area (Å²) in [5.41, 5.74) is 1.86. The number of aryl methyl sites for hydroxylation is 1. The minimum absolute atomic E-state index is 0.0989. The summed E-state index contributed by atoms with van der Waals surface area (Å²) in [6.45, 7) is 1.84. The summed E-state index contributed by atoms with van der Waals surface area (Å²) in [6.07, 6.45) is -2.44. The van der Waals surface area contributed by atoms with Gasteiger partial charge in [0, 0.05) is 6.26 Å². The molecule has 8 heteroatoms. The van der Waals surface area contributed by atoms with Gasteiger partial charge in [0.1, 0.15) is 11.9 Å². The van der Waals surface area contributed by atoms with Gasteiger partial charge in [-0.1, -0.05) is 22.7 Å². The summed E-state index contributed by atoms with van der Waals surface area (Å²) in [4.78, 5) is 3.94. The van der Waals surface area contributed by atoms with Gasteiger partial charge in [0.2, 0.25) is 0 Å². The summed E-state index contributed by atoms with van der Waals surface area (Å²) >= 11 is 0. The first-order chi connectivity index (χ1) is 12.1. The van der Waals surface area contributed by atoms with Crippen LogP contribution in [0.5, 0.6) is 0 Å². The first kappa shape index (κ1) is 18.3. The van der Waals surface area contributed by atoms with E-state index < -0.39 is 22.1 Å². The Kier molecular flexibility index (Phi) is 4.47. The maximum atomic E-state index is 13.2. The normalized spacial score (nSPS) is 17.8. The number of sulfone groups is 1. The third-order valence-corrected chi connectivity index (χ3v) is 5.06. The number of alkyl halides is 3. The quantitative estimate of drug-likeness (QED) is 0.764. The molecular formula is C18H16F3N2O2S+. The third-order valence-electron chi connectivity index (χ3n) is 3.93. The molecule has 1 atom stereocenters. The monoisotopic (exact) mass is 381 g/mol. The van der Waals surface area contributed by atoms with Gasteiger partial charge in [-0.15, -0.1) is 0 Å². The van der Waals surface area contributed by atoms with Gasteiger partial charge in [-0.3, -0.25) is 0 Å². The van der Waals surface area contributed by atoms with Crippen LogP contribution in [-0.2, 0) is 9.84 Å². The summed E-state index contributed by atoms with van der Waals surface area (Å²) in [5, 5.41) is 0. The Morgan fingerprint density at radius 2 is 1.73 bits per heavy atom. The summed E-state index contributed by atoms with van der Waals surface area (Å²) < 4.78 is 64.1. The van der Waals surface area contributed by atoms with E-state index in [1.807, 2.05) is 13.0 Å². The molecule has 0 bridgehead atoms. The van der Waals surface area contributed by atoms with Gasteiger partial charge in [0.05, 0.1) is 10.5 Å². The number of rotatable bonds is 3. The Labute approximate surface area is 149 Å². The molecule has 1 aliphatic heterocycles. The van der Waals surface area contributed by atoms with E-state index >= 15 is 0 Å². The first-order valence-electron chi connectivity index (χ1n) is 7.71. The van der Waals surface area contributed by atoms with Gasteiger partial charge in [0.25, 0.3) is 6.04 Å². The summed E-state index contributed by atoms with van der Waals surface area (Å²) in [7, 11) is -3.39. The lowest BCUT2D eigenvalue weighted by atomic mass is 10.1. The highest BCUT2D eigenvalue weighted by Crippen LogP contribution is 2.28. The molecule has 2 aromatic carbocycles. The van der Waals surface area contributed by atoms with Crippen LogP contribution >= 0.6 is 0 Å². The molecule has 1 aliphatic rings. The van der Waals surface area contributed by atoms with E-state index in [0.717, 1.165) is 18.0 Å². The first-order valence-corrected chi connectivity index (χ1v) is 9.61. The predicted octanol–water partition coefficient (Wildman–Crippen LogP) is 3.50. The molecular weight excluding hydrogens is 365 g/mol. The van der Waals surface area contributed by atoms with Crippen LogP contribution in [0.25, 0.3) is 0 Å². The lowest BCUT2D eigenvalue weighted by Gasteiger charge is -2.05. The highest BCUT2D eigenvalue weighted by Gasteiger charge is 2.49. The lowest BCUT2D eigenvalue weighted by molar-refractivity contribution is -0.297. The smallest absolute Gasteiger partial charge is 0.224 e. The summed E-state index contributed by atoms with van der Waals surface area (Å²) in [5.74, 6) is 0.170. The molecule has 0 radical (unpaired) electrons. The predicted molar refractivity (Wildman–Crippen MR) is 93.1 cm³/mol. The Bertz CT molecular complexity index is 1010. The second kappa shape index (κ2) is 6.35. The zero-order valence-electron chi connectivity index (χ0n) is 14.0. The maximum absolute atomic E-state index is 13.2. The summed E-state index contributed by atoms with van der Waals surface area (Å²) in [6, 6.07) is 10.8. The van der Waals surface area contributed by atoms with E-state index in [4.69, 9.17) is 0 Å². The van der Waals surface area contributed by atoms with Crippen molar-refractivity contribution >= 4 is 27.6 Å². The van der Waals surface area contributed by atoms with Crippen molar-refractivity contribution in [1.82, 2.24) is 0 Å². The van der Waals surface area contributed by atoms with Gasteiger partial charge in [-0.05, 0) is 43.3 Å². The molecule has 136 valence electrons.